The molecular weight excluding hydrogens is 367 g/mol. The number of benzene rings is 2. The number of nitrogens with zero attached hydrogens (tertiary/aromatic N) is 1. The van der Waals surface area contributed by atoms with Crippen molar-refractivity contribution in [2.24, 2.45) is 0 Å². The van der Waals surface area contributed by atoms with E-state index < -0.39 is 29.4 Å². The minimum Gasteiger partial charge on any atom is -0.349 e. The second-order valence-corrected chi connectivity index (χ2v) is 6.31. The maximum absolute atomic E-state index is 13.8. The third kappa shape index (κ3) is 4.68. The molecule has 2 N–H and O–H groups in total. The van der Waals surface area contributed by atoms with Crippen molar-refractivity contribution >= 4 is 17.4 Å². The Morgan fingerprint density at radius 2 is 1.75 bits per heavy atom. The number of hydrogen-bond donors (Lipinski definition) is 2. The molecule has 1 atom stereocenters. The highest BCUT2D eigenvalue weighted by molar-refractivity contribution is 5.99. The summed E-state index contributed by atoms with van der Waals surface area (Å²) >= 11 is 0. The van der Waals surface area contributed by atoms with E-state index in [0.717, 1.165) is 0 Å². The Hall–Kier alpha value is -3.35. The Morgan fingerprint density at radius 1 is 1.04 bits per heavy atom. The van der Waals surface area contributed by atoms with Gasteiger partial charge < -0.3 is 10.6 Å². The lowest BCUT2D eigenvalue weighted by molar-refractivity contribution is 0.0940. The fourth-order valence-corrected chi connectivity index (χ4v) is 2.78. The number of halogens is 3. The number of pyridine rings is 1. The van der Waals surface area contributed by atoms with Gasteiger partial charge in [0.05, 0.1) is 5.56 Å². The number of nitrogens with one attached hydrogen (secondary N) is 2. The van der Waals surface area contributed by atoms with Gasteiger partial charge in [0.2, 0.25) is 0 Å². The molecule has 0 saturated heterocycles. The maximum atomic E-state index is 13.8. The van der Waals surface area contributed by atoms with E-state index in [1.165, 1.54) is 42.6 Å². The van der Waals surface area contributed by atoms with Gasteiger partial charge in [0.15, 0.2) is 0 Å². The van der Waals surface area contributed by atoms with Crippen LogP contribution in [0.25, 0.3) is 0 Å². The lowest BCUT2D eigenvalue weighted by Crippen LogP contribution is -2.35. The van der Waals surface area contributed by atoms with Crippen molar-refractivity contribution in [3.63, 3.8) is 0 Å². The van der Waals surface area contributed by atoms with Gasteiger partial charge in [-0.3, -0.25) is 4.79 Å². The average molecular weight is 385 g/mol. The van der Waals surface area contributed by atoms with Crippen LogP contribution in [-0.2, 0) is 6.42 Å². The van der Waals surface area contributed by atoms with Gasteiger partial charge in [0, 0.05) is 23.5 Å². The van der Waals surface area contributed by atoms with Gasteiger partial charge in [-0.15, -0.1) is 0 Å². The van der Waals surface area contributed by atoms with Crippen molar-refractivity contribution in [3.8, 4) is 0 Å². The maximum Gasteiger partial charge on any atom is 0.255 e. The summed E-state index contributed by atoms with van der Waals surface area (Å²) in [7, 11) is 0. The van der Waals surface area contributed by atoms with E-state index in [-0.39, 0.29) is 23.4 Å². The zero-order valence-electron chi connectivity index (χ0n) is 15.0. The average Bonchev–Trinajstić information content (AvgIpc) is 2.65. The van der Waals surface area contributed by atoms with E-state index in [9.17, 15) is 18.0 Å². The van der Waals surface area contributed by atoms with Gasteiger partial charge in [0.1, 0.15) is 23.3 Å². The standard InChI is InChI=1S/C21H18F3N3O/c1-13(11-17-18(23)8-3-9-19(17)24)26-21(28)16-7-4-10-25-20(16)27-15-6-2-5-14(22)12-15/h2-10,12-13H,11H2,1H3,(H,25,27)(H,26,28). The Bertz CT molecular complexity index is 974. The molecule has 4 nitrogen and oxygen atoms in total. The Morgan fingerprint density at radius 3 is 2.46 bits per heavy atom. The molecule has 1 aromatic heterocycles. The normalized spacial score (nSPS) is 11.7. The van der Waals surface area contributed by atoms with Crippen LogP contribution in [0.1, 0.15) is 22.8 Å². The highest BCUT2D eigenvalue weighted by Gasteiger charge is 2.18. The van der Waals surface area contributed by atoms with Gasteiger partial charge in [-0.1, -0.05) is 12.1 Å². The van der Waals surface area contributed by atoms with Crippen molar-refractivity contribution in [3.05, 3.63) is 89.4 Å². The number of rotatable bonds is 6. The number of anilines is 2. The largest absolute Gasteiger partial charge is 0.349 e. The van der Waals surface area contributed by atoms with Crippen molar-refractivity contribution in [1.82, 2.24) is 10.3 Å². The van der Waals surface area contributed by atoms with Crippen molar-refractivity contribution in [2.45, 2.75) is 19.4 Å². The molecule has 144 valence electrons. The first-order chi connectivity index (χ1) is 13.4. The first-order valence-corrected chi connectivity index (χ1v) is 8.65. The summed E-state index contributed by atoms with van der Waals surface area (Å²) in [6, 6.07) is 12.0. The fraction of sp³-hybridized carbons (Fsp3) is 0.143. The molecule has 0 bridgehead atoms. The summed E-state index contributed by atoms with van der Waals surface area (Å²) in [6.45, 7) is 1.65. The zero-order valence-corrected chi connectivity index (χ0v) is 15.0. The molecule has 3 rings (SSSR count). The summed E-state index contributed by atoms with van der Waals surface area (Å²) in [5.74, 6) is -1.95. The Labute approximate surface area is 160 Å². The molecule has 28 heavy (non-hydrogen) atoms. The monoisotopic (exact) mass is 385 g/mol. The van der Waals surface area contributed by atoms with Crippen LogP contribution >= 0.6 is 0 Å². The van der Waals surface area contributed by atoms with E-state index in [4.69, 9.17) is 0 Å². The number of amides is 1. The zero-order chi connectivity index (χ0) is 20.1. The Balaban J connectivity index is 1.74. The van der Waals surface area contributed by atoms with E-state index in [1.54, 1.807) is 25.1 Å². The highest BCUT2D eigenvalue weighted by atomic mass is 19.1. The molecule has 1 amide bonds. The summed E-state index contributed by atoms with van der Waals surface area (Å²) in [4.78, 5) is 16.8. The minimum absolute atomic E-state index is 0.00281. The molecule has 0 aliphatic heterocycles. The van der Waals surface area contributed by atoms with Gasteiger partial charge >= 0.3 is 0 Å². The lowest BCUT2D eigenvalue weighted by atomic mass is 10.1. The van der Waals surface area contributed by atoms with Crippen LogP contribution in [0.5, 0.6) is 0 Å². The molecule has 0 aliphatic carbocycles. The fourth-order valence-electron chi connectivity index (χ4n) is 2.78. The second-order valence-electron chi connectivity index (χ2n) is 6.31. The molecule has 0 radical (unpaired) electrons. The van der Waals surface area contributed by atoms with Crippen molar-refractivity contribution < 1.29 is 18.0 Å². The summed E-state index contributed by atoms with van der Waals surface area (Å²) in [5, 5.41) is 5.61. The lowest BCUT2D eigenvalue weighted by Gasteiger charge is -2.16. The van der Waals surface area contributed by atoms with Gasteiger partial charge in [-0.25, -0.2) is 18.2 Å². The van der Waals surface area contributed by atoms with E-state index in [1.807, 2.05) is 0 Å². The molecule has 0 spiro atoms. The molecule has 0 aliphatic rings. The highest BCUT2D eigenvalue weighted by Crippen LogP contribution is 2.20. The van der Waals surface area contributed by atoms with Crippen molar-refractivity contribution in [1.29, 1.82) is 0 Å². The number of aromatic nitrogens is 1. The van der Waals surface area contributed by atoms with Crippen LogP contribution in [0.4, 0.5) is 24.7 Å². The SMILES string of the molecule is CC(Cc1c(F)cccc1F)NC(=O)c1cccnc1Nc1cccc(F)c1. The second kappa shape index (κ2) is 8.56. The third-order valence-electron chi connectivity index (χ3n) is 4.09. The first kappa shape index (κ1) is 19.4. The van der Waals surface area contributed by atoms with Gasteiger partial charge in [-0.2, -0.15) is 0 Å². The van der Waals surface area contributed by atoms with Crippen LogP contribution in [0, 0.1) is 17.5 Å². The summed E-state index contributed by atoms with van der Waals surface area (Å²) in [5.41, 5.74) is 0.585. The quantitative estimate of drug-likeness (QED) is 0.652. The van der Waals surface area contributed by atoms with E-state index in [2.05, 4.69) is 15.6 Å². The van der Waals surface area contributed by atoms with Crippen LogP contribution in [0.15, 0.2) is 60.8 Å². The van der Waals surface area contributed by atoms with E-state index >= 15 is 0 Å². The number of hydrogen-bond acceptors (Lipinski definition) is 3. The minimum atomic E-state index is -0.657. The van der Waals surface area contributed by atoms with Crippen LogP contribution < -0.4 is 10.6 Å². The predicted octanol–water partition coefficient (Wildman–Crippen LogP) is 4.60. The molecule has 0 fully saturated rings. The first-order valence-electron chi connectivity index (χ1n) is 8.65. The van der Waals surface area contributed by atoms with Crippen molar-refractivity contribution in [2.75, 3.05) is 5.32 Å². The van der Waals surface area contributed by atoms with Crippen LogP contribution in [-0.4, -0.2) is 16.9 Å². The molecule has 0 saturated carbocycles. The smallest absolute Gasteiger partial charge is 0.255 e. The van der Waals surface area contributed by atoms with Crippen LogP contribution in [0.3, 0.4) is 0 Å². The third-order valence-corrected chi connectivity index (χ3v) is 4.09. The summed E-state index contributed by atoms with van der Waals surface area (Å²) in [6.07, 6.45) is 1.49. The topological polar surface area (TPSA) is 54.0 Å². The molecule has 3 aromatic rings. The van der Waals surface area contributed by atoms with E-state index in [0.29, 0.717) is 5.69 Å². The molecule has 2 aromatic carbocycles. The van der Waals surface area contributed by atoms with Gasteiger partial charge in [0.25, 0.3) is 5.91 Å². The van der Waals surface area contributed by atoms with Crippen LogP contribution in [0.2, 0.25) is 0 Å². The number of carbonyl (C=O) groups is 1. The predicted molar refractivity (Wildman–Crippen MR) is 101 cm³/mol. The molecule has 1 unspecified atom stereocenters. The summed E-state index contributed by atoms with van der Waals surface area (Å²) < 4.78 is 41.0. The Kier molecular flexibility index (Phi) is 5.93. The molecular formula is C21H18F3N3O. The number of carbonyl (C=O) groups excluding carboxylic acids is 1. The molecule has 7 heteroatoms. The van der Waals surface area contributed by atoms with Gasteiger partial charge in [-0.05, 0) is 55.8 Å². The molecule has 1 heterocycles.